The highest BCUT2D eigenvalue weighted by Gasteiger charge is 2.31. The van der Waals surface area contributed by atoms with Crippen LogP contribution in [-0.4, -0.2) is 11.0 Å². The lowest BCUT2D eigenvalue weighted by atomic mass is 10.2. The van der Waals surface area contributed by atoms with Gasteiger partial charge >= 0.3 is 6.18 Å². The van der Waals surface area contributed by atoms with Crippen LogP contribution in [0.4, 0.5) is 18.9 Å². The third kappa shape index (κ3) is 3.27. The first-order valence-corrected chi connectivity index (χ1v) is 4.68. The number of hydrogen-bond donors (Lipinski definition) is 1. The van der Waals surface area contributed by atoms with Crippen molar-refractivity contribution in [1.29, 1.82) is 0 Å². The summed E-state index contributed by atoms with van der Waals surface area (Å²) in [6.07, 6.45) is -3.68. The summed E-state index contributed by atoms with van der Waals surface area (Å²) in [5.41, 5.74) is -0.614. The number of halogens is 4. The van der Waals surface area contributed by atoms with Crippen molar-refractivity contribution in [2.24, 2.45) is 0 Å². The fourth-order valence-electron chi connectivity index (χ4n) is 1.02. The van der Waals surface area contributed by atoms with Crippen molar-refractivity contribution >= 4 is 17.3 Å². The van der Waals surface area contributed by atoms with Gasteiger partial charge in [0.15, 0.2) is 5.15 Å². The third-order valence-corrected chi connectivity index (χ3v) is 1.91. The smallest absolute Gasteiger partial charge is 0.380 e. The number of aromatic nitrogens is 1. The van der Waals surface area contributed by atoms with Gasteiger partial charge in [0.25, 0.3) is 0 Å². The Kier molecular flexibility index (Phi) is 3.44. The fourth-order valence-corrected chi connectivity index (χ4v) is 1.17. The molecule has 0 atom stereocenters. The van der Waals surface area contributed by atoms with E-state index in [2.05, 4.69) is 10.3 Å². The van der Waals surface area contributed by atoms with Gasteiger partial charge in [-0.25, -0.2) is 4.98 Å². The van der Waals surface area contributed by atoms with E-state index in [1.807, 2.05) is 0 Å². The minimum Gasteiger partial charge on any atom is -0.380 e. The first-order chi connectivity index (χ1) is 6.80. The second-order valence-corrected chi connectivity index (χ2v) is 3.72. The maximum absolute atomic E-state index is 12.3. The summed E-state index contributed by atoms with van der Waals surface area (Å²) in [6, 6.07) is 0.947. The zero-order chi connectivity index (χ0) is 11.6. The Bertz CT molecular complexity index is 350. The Hall–Kier alpha value is -0.970. The number of rotatable bonds is 2. The second kappa shape index (κ2) is 4.26. The Balaban J connectivity index is 3.06. The van der Waals surface area contributed by atoms with Crippen molar-refractivity contribution in [3.8, 4) is 0 Å². The van der Waals surface area contributed by atoms with Crippen molar-refractivity contribution < 1.29 is 13.2 Å². The summed E-state index contributed by atoms with van der Waals surface area (Å²) >= 11 is 5.65. The van der Waals surface area contributed by atoms with Gasteiger partial charge in [0, 0.05) is 12.2 Å². The van der Waals surface area contributed by atoms with E-state index in [0.717, 1.165) is 6.07 Å². The van der Waals surface area contributed by atoms with E-state index in [4.69, 9.17) is 11.6 Å². The van der Waals surface area contributed by atoms with Gasteiger partial charge in [0.2, 0.25) is 0 Å². The van der Waals surface area contributed by atoms with Crippen LogP contribution in [0.3, 0.4) is 0 Å². The Morgan fingerprint density at radius 3 is 2.47 bits per heavy atom. The Labute approximate surface area is 90.5 Å². The molecule has 0 radical (unpaired) electrons. The standard InChI is InChI=1S/C9H10ClF3N2/c1-5(2)15-7-3-6(9(11,12)13)4-14-8(7)10/h3-5,15H,1-2H3. The molecule has 0 fully saturated rings. The molecule has 0 saturated carbocycles. The van der Waals surface area contributed by atoms with Crippen molar-refractivity contribution in [3.05, 3.63) is 23.0 Å². The van der Waals surface area contributed by atoms with Crippen molar-refractivity contribution in [3.63, 3.8) is 0 Å². The lowest BCUT2D eigenvalue weighted by Crippen LogP contribution is -2.12. The summed E-state index contributed by atoms with van der Waals surface area (Å²) < 4.78 is 37.0. The van der Waals surface area contributed by atoms with Crippen LogP contribution in [0.25, 0.3) is 0 Å². The van der Waals surface area contributed by atoms with Crippen LogP contribution < -0.4 is 5.32 Å². The first kappa shape index (κ1) is 12.1. The largest absolute Gasteiger partial charge is 0.417 e. The number of pyridine rings is 1. The SMILES string of the molecule is CC(C)Nc1cc(C(F)(F)F)cnc1Cl. The molecular formula is C9H10ClF3N2. The van der Waals surface area contributed by atoms with E-state index in [1.54, 1.807) is 13.8 Å². The Morgan fingerprint density at radius 1 is 1.40 bits per heavy atom. The molecular weight excluding hydrogens is 229 g/mol. The molecule has 84 valence electrons. The molecule has 0 unspecified atom stereocenters. The van der Waals surface area contributed by atoms with Crippen LogP contribution in [0.1, 0.15) is 19.4 Å². The predicted octanol–water partition coefficient (Wildman–Crippen LogP) is 3.57. The van der Waals surface area contributed by atoms with Crippen LogP contribution in [0.2, 0.25) is 5.15 Å². The van der Waals surface area contributed by atoms with Gasteiger partial charge in [-0.15, -0.1) is 0 Å². The summed E-state index contributed by atoms with van der Waals surface area (Å²) in [4.78, 5) is 3.48. The molecule has 0 aromatic carbocycles. The summed E-state index contributed by atoms with van der Waals surface area (Å²) in [6.45, 7) is 3.60. The van der Waals surface area contributed by atoms with Gasteiger partial charge in [-0.1, -0.05) is 11.6 Å². The van der Waals surface area contributed by atoms with E-state index >= 15 is 0 Å². The molecule has 0 aliphatic heterocycles. The highest BCUT2D eigenvalue weighted by Crippen LogP contribution is 2.32. The minimum absolute atomic E-state index is 0.00668. The van der Waals surface area contributed by atoms with Crippen LogP contribution in [0, 0.1) is 0 Å². The van der Waals surface area contributed by atoms with Gasteiger partial charge in [-0.2, -0.15) is 13.2 Å². The Morgan fingerprint density at radius 2 is 2.00 bits per heavy atom. The minimum atomic E-state index is -4.40. The monoisotopic (exact) mass is 238 g/mol. The quantitative estimate of drug-likeness (QED) is 0.797. The predicted molar refractivity (Wildman–Crippen MR) is 53.0 cm³/mol. The number of nitrogens with one attached hydrogen (secondary N) is 1. The number of anilines is 1. The first-order valence-electron chi connectivity index (χ1n) is 4.30. The molecule has 1 rings (SSSR count). The van der Waals surface area contributed by atoms with Gasteiger partial charge in [-0.05, 0) is 19.9 Å². The number of hydrogen-bond acceptors (Lipinski definition) is 2. The van der Waals surface area contributed by atoms with E-state index in [-0.39, 0.29) is 16.9 Å². The zero-order valence-corrected chi connectivity index (χ0v) is 8.95. The average molecular weight is 239 g/mol. The molecule has 1 aromatic rings. The molecule has 0 saturated heterocycles. The normalized spacial score (nSPS) is 11.9. The number of nitrogens with zero attached hydrogens (tertiary/aromatic N) is 1. The molecule has 0 aliphatic carbocycles. The average Bonchev–Trinajstić information content (AvgIpc) is 2.06. The highest BCUT2D eigenvalue weighted by atomic mass is 35.5. The molecule has 2 nitrogen and oxygen atoms in total. The summed E-state index contributed by atoms with van der Waals surface area (Å²) in [7, 11) is 0. The highest BCUT2D eigenvalue weighted by molar-refractivity contribution is 6.31. The maximum Gasteiger partial charge on any atom is 0.417 e. The van der Waals surface area contributed by atoms with E-state index < -0.39 is 11.7 Å². The lowest BCUT2D eigenvalue weighted by molar-refractivity contribution is -0.137. The van der Waals surface area contributed by atoms with Crippen LogP contribution in [0.5, 0.6) is 0 Å². The van der Waals surface area contributed by atoms with Crippen LogP contribution in [0.15, 0.2) is 12.3 Å². The molecule has 0 aliphatic rings. The molecule has 0 amide bonds. The fraction of sp³-hybridized carbons (Fsp3) is 0.444. The number of alkyl halides is 3. The molecule has 1 aromatic heterocycles. The third-order valence-electron chi connectivity index (χ3n) is 1.61. The van der Waals surface area contributed by atoms with Crippen LogP contribution in [-0.2, 0) is 6.18 Å². The van der Waals surface area contributed by atoms with Gasteiger partial charge in [0.05, 0.1) is 11.3 Å². The van der Waals surface area contributed by atoms with E-state index in [1.165, 1.54) is 0 Å². The molecule has 15 heavy (non-hydrogen) atoms. The van der Waals surface area contributed by atoms with E-state index in [0.29, 0.717) is 6.20 Å². The van der Waals surface area contributed by atoms with Crippen molar-refractivity contribution in [2.75, 3.05) is 5.32 Å². The van der Waals surface area contributed by atoms with Crippen molar-refractivity contribution in [1.82, 2.24) is 4.98 Å². The molecule has 1 heterocycles. The van der Waals surface area contributed by atoms with Crippen LogP contribution >= 0.6 is 11.6 Å². The van der Waals surface area contributed by atoms with Gasteiger partial charge in [-0.3, -0.25) is 0 Å². The molecule has 0 spiro atoms. The second-order valence-electron chi connectivity index (χ2n) is 3.36. The summed E-state index contributed by atoms with van der Waals surface area (Å²) in [5.74, 6) is 0. The lowest BCUT2D eigenvalue weighted by Gasteiger charge is -2.13. The zero-order valence-electron chi connectivity index (χ0n) is 8.19. The van der Waals surface area contributed by atoms with Gasteiger partial charge in [0.1, 0.15) is 0 Å². The summed E-state index contributed by atoms with van der Waals surface area (Å²) in [5, 5.41) is 2.83. The topological polar surface area (TPSA) is 24.9 Å². The molecule has 6 heteroatoms. The van der Waals surface area contributed by atoms with E-state index in [9.17, 15) is 13.2 Å². The van der Waals surface area contributed by atoms with Crippen molar-refractivity contribution in [2.45, 2.75) is 26.1 Å². The molecule has 1 N–H and O–H groups in total. The van der Waals surface area contributed by atoms with Gasteiger partial charge < -0.3 is 5.32 Å². The molecule has 0 bridgehead atoms. The maximum atomic E-state index is 12.3.